The number of aromatic nitrogens is 2. The Bertz CT molecular complexity index is 1270. The van der Waals surface area contributed by atoms with Crippen LogP contribution in [0.4, 0.5) is 23.7 Å². The van der Waals surface area contributed by atoms with E-state index in [2.05, 4.69) is 15.3 Å². The summed E-state index contributed by atoms with van der Waals surface area (Å²) in [4.78, 5) is 29.8. The van der Waals surface area contributed by atoms with E-state index in [1.165, 1.54) is 6.07 Å². The molecule has 1 aromatic carbocycles. The van der Waals surface area contributed by atoms with Crippen molar-refractivity contribution in [3.63, 3.8) is 0 Å². The number of ether oxygens (including phenoxy) is 1. The van der Waals surface area contributed by atoms with Gasteiger partial charge in [-0.2, -0.15) is 18.3 Å². The zero-order chi connectivity index (χ0) is 29.6. The number of carbonyl (C=O) groups excluding carboxylic acids is 2. The van der Waals surface area contributed by atoms with Crippen molar-refractivity contribution in [2.24, 2.45) is 5.92 Å². The highest BCUT2D eigenvalue weighted by Gasteiger charge is 2.47. The Morgan fingerprint density at radius 2 is 1.83 bits per heavy atom. The molecule has 3 fully saturated rings. The Morgan fingerprint density at radius 3 is 2.39 bits per heavy atom. The average Bonchev–Trinajstić information content (AvgIpc) is 3.30. The van der Waals surface area contributed by atoms with Crippen LogP contribution >= 0.6 is 11.6 Å². The van der Waals surface area contributed by atoms with Crippen LogP contribution < -0.4 is 5.32 Å². The van der Waals surface area contributed by atoms with Crippen molar-refractivity contribution in [1.82, 2.24) is 19.6 Å². The first-order chi connectivity index (χ1) is 19.2. The monoisotopic (exact) mass is 595 g/mol. The van der Waals surface area contributed by atoms with Gasteiger partial charge in [0.1, 0.15) is 11.1 Å². The highest BCUT2D eigenvalue weighted by Crippen LogP contribution is 2.42. The van der Waals surface area contributed by atoms with Gasteiger partial charge < -0.3 is 19.9 Å². The Hall–Kier alpha value is -2.79. The van der Waals surface area contributed by atoms with Crippen molar-refractivity contribution in [3.8, 4) is 0 Å². The summed E-state index contributed by atoms with van der Waals surface area (Å²) in [7, 11) is 0. The third-order valence-electron chi connectivity index (χ3n) is 8.37. The number of halogens is 4. The largest absolute Gasteiger partial charge is 0.444 e. The fourth-order valence-electron chi connectivity index (χ4n) is 5.86. The number of carbonyl (C=O) groups is 2. The van der Waals surface area contributed by atoms with Crippen LogP contribution in [0.25, 0.3) is 0 Å². The molecule has 8 nitrogen and oxygen atoms in total. The van der Waals surface area contributed by atoms with Gasteiger partial charge in [0.2, 0.25) is 0 Å². The summed E-state index contributed by atoms with van der Waals surface area (Å²) >= 11 is 6.08. The molecular weight excluding hydrogens is 559 g/mol. The third kappa shape index (κ3) is 6.51. The zero-order valence-electron chi connectivity index (χ0n) is 23.6. The molecule has 0 radical (unpaired) electrons. The minimum absolute atomic E-state index is 0.149. The molecule has 0 atom stereocenters. The Morgan fingerprint density at radius 1 is 1.15 bits per heavy atom. The SMILES string of the molecule is CC(C)(C)OC(=O)N1CC(CN2CCC(c3cnn(C4(C(=O)Nc5ccc(C(F)(F)F)cc5Cl)CCC4)c3)CC2)C1. The second-order valence-electron chi connectivity index (χ2n) is 12.6. The van der Waals surface area contributed by atoms with Crippen molar-refractivity contribution in [1.29, 1.82) is 0 Å². The number of rotatable bonds is 6. The first-order valence-electron chi connectivity index (χ1n) is 14.2. The van der Waals surface area contributed by atoms with Gasteiger partial charge >= 0.3 is 12.3 Å². The van der Waals surface area contributed by atoms with E-state index >= 15 is 0 Å². The topological polar surface area (TPSA) is 79.7 Å². The average molecular weight is 596 g/mol. The third-order valence-corrected chi connectivity index (χ3v) is 8.69. The van der Waals surface area contributed by atoms with Crippen LogP contribution in [-0.4, -0.2) is 69.9 Å². The molecule has 0 unspecified atom stereocenters. The van der Waals surface area contributed by atoms with Gasteiger partial charge in [-0.1, -0.05) is 11.6 Å². The summed E-state index contributed by atoms with van der Waals surface area (Å²) in [5.74, 6) is 0.469. The predicted molar refractivity (Wildman–Crippen MR) is 149 cm³/mol. The highest BCUT2D eigenvalue weighted by molar-refractivity contribution is 6.33. The van der Waals surface area contributed by atoms with E-state index in [0.717, 1.165) is 69.7 Å². The van der Waals surface area contributed by atoms with Gasteiger partial charge in [0.15, 0.2) is 0 Å². The van der Waals surface area contributed by atoms with Crippen LogP contribution in [0.15, 0.2) is 30.6 Å². The quantitative estimate of drug-likeness (QED) is 0.435. The molecule has 2 aromatic rings. The standard InChI is InChI=1S/C29H37ClF3N5O3/c1-27(2,3)41-26(40)37-16-19(17-37)15-36-11-7-20(8-12-36)21-14-34-38(18-21)28(9-4-10-28)25(39)35-24-6-5-22(13-23(24)30)29(31,32)33/h5-6,13-14,18-20H,4,7-12,15-17H2,1-3H3,(H,35,39). The number of nitrogens with zero attached hydrogens (tertiary/aromatic N) is 4. The molecule has 3 aliphatic rings. The lowest BCUT2D eigenvalue weighted by atomic mass is 9.76. The molecule has 1 aliphatic carbocycles. The second kappa shape index (κ2) is 11.1. The molecule has 1 aromatic heterocycles. The van der Waals surface area contributed by atoms with Crippen molar-refractivity contribution in [2.45, 2.75) is 76.1 Å². The number of nitrogens with one attached hydrogen (secondary N) is 1. The molecule has 1 saturated carbocycles. The first kappa shape index (κ1) is 29.7. The number of hydrogen-bond donors (Lipinski definition) is 1. The lowest BCUT2D eigenvalue weighted by Crippen LogP contribution is -2.55. The highest BCUT2D eigenvalue weighted by atomic mass is 35.5. The predicted octanol–water partition coefficient (Wildman–Crippen LogP) is 6.12. The molecule has 12 heteroatoms. The number of amides is 2. The molecule has 2 amide bonds. The molecule has 3 heterocycles. The molecule has 224 valence electrons. The van der Waals surface area contributed by atoms with E-state index in [4.69, 9.17) is 16.3 Å². The van der Waals surface area contributed by atoms with Gasteiger partial charge in [0.25, 0.3) is 5.91 Å². The van der Waals surface area contributed by atoms with Crippen LogP contribution in [0.1, 0.15) is 69.9 Å². The molecule has 0 spiro atoms. The normalized spacial score (nSPS) is 20.3. The maximum atomic E-state index is 13.4. The number of piperidine rings is 1. The van der Waals surface area contributed by atoms with Crippen LogP contribution in [0.5, 0.6) is 0 Å². The lowest BCUT2D eigenvalue weighted by Gasteiger charge is -2.43. The maximum Gasteiger partial charge on any atom is 0.416 e. The number of hydrogen-bond acceptors (Lipinski definition) is 5. The van der Waals surface area contributed by atoms with Gasteiger partial charge in [-0.15, -0.1) is 0 Å². The van der Waals surface area contributed by atoms with Crippen molar-refractivity contribution in [2.75, 3.05) is 38.0 Å². The molecule has 0 bridgehead atoms. The molecule has 41 heavy (non-hydrogen) atoms. The number of alkyl halides is 3. The number of likely N-dealkylation sites (tertiary alicyclic amines) is 2. The van der Waals surface area contributed by atoms with Crippen LogP contribution in [-0.2, 0) is 21.2 Å². The van der Waals surface area contributed by atoms with Crippen LogP contribution in [0.3, 0.4) is 0 Å². The smallest absolute Gasteiger partial charge is 0.416 e. The van der Waals surface area contributed by atoms with Gasteiger partial charge in [-0.3, -0.25) is 9.48 Å². The molecule has 1 N–H and O–H groups in total. The van der Waals surface area contributed by atoms with E-state index in [0.29, 0.717) is 24.7 Å². The Labute approximate surface area is 243 Å². The van der Waals surface area contributed by atoms with Gasteiger partial charge in [-0.25, -0.2) is 4.79 Å². The van der Waals surface area contributed by atoms with E-state index in [9.17, 15) is 22.8 Å². The van der Waals surface area contributed by atoms with E-state index in [1.54, 1.807) is 9.58 Å². The van der Waals surface area contributed by atoms with Gasteiger partial charge in [-0.05, 0) is 95.6 Å². The lowest BCUT2D eigenvalue weighted by molar-refractivity contribution is -0.137. The van der Waals surface area contributed by atoms with E-state index in [1.807, 2.05) is 33.2 Å². The Kier molecular flexibility index (Phi) is 8.06. The summed E-state index contributed by atoms with van der Waals surface area (Å²) < 4.78 is 46.2. The zero-order valence-corrected chi connectivity index (χ0v) is 24.4. The fourth-order valence-corrected chi connectivity index (χ4v) is 6.09. The number of benzene rings is 1. The summed E-state index contributed by atoms with van der Waals surface area (Å²) in [5.41, 5.74) is -0.987. The van der Waals surface area contributed by atoms with Crippen molar-refractivity contribution < 1.29 is 27.5 Å². The minimum Gasteiger partial charge on any atom is -0.444 e. The number of anilines is 1. The van der Waals surface area contributed by atoms with E-state index in [-0.39, 0.29) is 22.7 Å². The van der Waals surface area contributed by atoms with Gasteiger partial charge in [0.05, 0.1) is 22.5 Å². The summed E-state index contributed by atoms with van der Waals surface area (Å²) in [6, 6.07) is 2.93. The van der Waals surface area contributed by atoms with E-state index < -0.39 is 22.9 Å². The van der Waals surface area contributed by atoms with Crippen molar-refractivity contribution in [3.05, 3.63) is 46.7 Å². The molecule has 5 rings (SSSR count). The van der Waals surface area contributed by atoms with Crippen LogP contribution in [0, 0.1) is 5.92 Å². The fraction of sp³-hybridized carbons (Fsp3) is 0.621. The first-order valence-corrected chi connectivity index (χ1v) is 14.5. The summed E-state index contributed by atoms with van der Waals surface area (Å²) in [5, 5.41) is 7.15. The van der Waals surface area contributed by atoms with Crippen molar-refractivity contribution >= 4 is 29.3 Å². The van der Waals surface area contributed by atoms with Crippen LogP contribution in [0.2, 0.25) is 5.02 Å². The molecular formula is C29H37ClF3N5O3. The molecule has 2 aliphatic heterocycles. The summed E-state index contributed by atoms with van der Waals surface area (Å²) in [6.45, 7) is 9.93. The molecule has 2 saturated heterocycles. The maximum absolute atomic E-state index is 13.4. The minimum atomic E-state index is -4.51. The Balaban J connectivity index is 1.13. The van der Waals surface area contributed by atoms with Gasteiger partial charge in [0, 0.05) is 31.7 Å². The summed E-state index contributed by atoms with van der Waals surface area (Å²) in [6.07, 6.45) is 3.04. The second-order valence-corrected chi connectivity index (χ2v) is 13.0.